The molecule has 1 aliphatic carbocycles. The molecule has 3 unspecified atom stereocenters. The van der Waals surface area contributed by atoms with Crippen LogP contribution in [0.3, 0.4) is 0 Å². The molecule has 0 saturated heterocycles. The van der Waals surface area contributed by atoms with Crippen molar-refractivity contribution in [1.29, 1.82) is 0 Å². The number of rotatable bonds is 4. The Morgan fingerprint density at radius 3 is 2.70 bits per heavy atom. The fourth-order valence-electron chi connectivity index (χ4n) is 3.01. The molecule has 4 nitrogen and oxygen atoms in total. The maximum atomic E-state index is 5.44. The minimum atomic E-state index is 0.496. The highest BCUT2D eigenvalue weighted by atomic mass is 16.5. The molecule has 20 heavy (non-hydrogen) atoms. The Morgan fingerprint density at radius 1 is 1.30 bits per heavy atom. The molecule has 0 bridgehead atoms. The van der Waals surface area contributed by atoms with E-state index in [0.717, 1.165) is 17.3 Å². The van der Waals surface area contributed by atoms with Crippen molar-refractivity contribution in [3.05, 3.63) is 12.3 Å². The van der Waals surface area contributed by atoms with Gasteiger partial charge in [0.25, 0.3) is 0 Å². The van der Waals surface area contributed by atoms with E-state index < -0.39 is 0 Å². The van der Waals surface area contributed by atoms with E-state index in [9.17, 15) is 0 Å². The Bertz CT molecular complexity index is 447. The number of nitrogens with zero attached hydrogens (tertiary/aromatic N) is 2. The van der Waals surface area contributed by atoms with E-state index in [1.165, 1.54) is 19.3 Å². The van der Waals surface area contributed by atoms with Crippen molar-refractivity contribution in [3.63, 3.8) is 0 Å². The first-order valence-electron chi connectivity index (χ1n) is 7.49. The third-order valence-corrected chi connectivity index (χ3v) is 4.36. The van der Waals surface area contributed by atoms with E-state index in [1.807, 2.05) is 20.2 Å². The quantitative estimate of drug-likeness (QED) is 0.915. The molecule has 0 amide bonds. The second kappa shape index (κ2) is 6.33. The van der Waals surface area contributed by atoms with Crippen LogP contribution in [0.15, 0.2) is 12.3 Å². The van der Waals surface area contributed by atoms with Crippen LogP contribution in [0.4, 0.5) is 11.4 Å². The number of anilines is 2. The average Bonchev–Trinajstić information content (AvgIpc) is 2.42. The molecule has 2 rings (SSSR count). The first-order valence-corrected chi connectivity index (χ1v) is 7.49. The van der Waals surface area contributed by atoms with Gasteiger partial charge in [-0.3, -0.25) is 0 Å². The molecule has 1 N–H and O–H groups in total. The second-order valence-electron chi connectivity index (χ2n) is 6.26. The minimum absolute atomic E-state index is 0.496. The van der Waals surface area contributed by atoms with Crippen molar-refractivity contribution in [3.8, 4) is 5.88 Å². The largest absolute Gasteiger partial charge is 0.479 e. The first kappa shape index (κ1) is 14.9. The number of pyridine rings is 1. The summed E-state index contributed by atoms with van der Waals surface area (Å²) in [6.07, 6.45) is 5.64. The highest BCUT2D eigenvalue weighted by Gasteiger charge is 2.27. The Kier molecular flexibility index (Phi) is 4.73. The van der Waals surface area contributed by atoms with E-state index in [1.54, 1.807) is 13.3 Å². The molecule has 1 saturated carbocycles. The highest BCUT2D eigenvalue weighted by Crippen LogP contribution is 2.37. The van der Waals surface area contributed by atoms with Gasteiger partial charge in [0, 0.05) is 26.3 Å². The van der Waals surface area contributed by atoms with E-state index in [2.05, 4.69) is 29.0 Å². The summed E-state index contributed by atoms with van der Waals surface area (Å²) >= 11 is 0. The molecule has 3 atom stereocenters. The van der Waals surface area contributed by atoms with Gasteiger partial charge in [0.2, 0.25) is 5.88 Å². The van der Waals surface area contributed by atoms with Crippen LogP contribution in [0, 0.1) is 11.8 Å². The summed E-state index contributed by atoms with van der Waals surface area (Å²) in [7, 11) is 5.78. The average molecular weight is 277 g/mol. The zero-order valence-electron chi connectivity index (χ0n) is 13.3. The van der Waals surface area contributed by atoms with E-state index in [-0.39, 0.29) is 0 Å². The third-order valence-electron chi connectivity index (χ3n) is 4.36. The number of aromatic nitrogens is 1. The van der Waals surface area contributed by atoms with E-state index in [0.29, 0.717) is 17.8 Å². The molecule has 1 aromatic rings. The summed E-state index contributed by atoms with van der Waals surface area (Å²) in [4.78, 5) is 6.44. The third kappa shape index (κ3) is 3.17. The van der Waals surface area contributed by atoms with Crippen molar-refractivity contribution in [1.82, 2.24) is 4.98 Å². The lowest BCUT2D eigenvalue weighted by molar-refractivity contribution is 0.280. The molecule has 1 aromatic heterocycles. The molecule has 1 fully saturated rings. The lowest BCUT2D eigenvalue weighted by atomic mass is 9.80. The van der Waals surface area contributed by atoms with Crippen molar-refractivity contribution >= 4 is 11.4 Å². The number of ether oxygens (including phenoxy) is 1. The first-order chi connectivity index (χ1) is 9.52. The molecule has 1 heterocycles. The maximum Gasteiger partial charge on any atom is 0.239 e. The van der Waals surface area contributed by atoms with Gasteiger partial charge >= 0.3 is 0 Å². The molecule has 4 heteroatoms. The lowest BCUT2D eigenvalue weighted by Crippen LogP contribution is -2.34. The number of hydrogen-bond acceptors (Lipinski definition) is 4. The van der Waals surface area contributed by atoms with E-state index >= 15 is 0 Å². The Morgan fingerprint density at radius 2 is 2.05 bits per heavy atom. The van der Waals surface area contributed by atoms with Gasteiger partial charge in [-0.25, -0.2) is 4.98 Å². The van der Waals surface area contributed by atoms with Crippen molar-refractivity contribution in [2.45, 2.75) is 39.2 Å². The number of nitrogens with one attached hydrogen (secondary N) is 1. The van der Waals surface area contributed by atoms with Crippen LogP contribution in [0.5, 0.6) is 5.88 Å². The van der Waals surface area contributed by atoms with Crippen LogP contribution in [0.1, 0.15) is 33.1 Å². The predicted molar refractivity (Wildman–Crippen MR) is 84.7 cm³/mol. The van der Waals surface area contributed by atoms with Crippen molar-refractivity contribution < 1.29 is 4.74 Å². The van der Waals surface area contributed by atoms with Crippen molar-refractivity contribution in [2.24, 2.45) is 11.8 Å². The zero-order valence-corrected chi connectivity index (χ0v) is 13.3. The number of methoxy groups -OCH3 is 1. The van der Waals surface area contributed by atoms with Gasteiger partial charge in [0.05, 0.1) is 12.8 Å². The summed E-state index contributed by atoms with van der Waals surface area (Å²) in [5, 5.41) is 3.70. The summed E-state index contributed by atoms with van der Waals surface area (Å²) < 4.78 is 5.44. The van der Waals surface area contributed by atoms with Crippen LogP contribution in [-0.4, -0.2) is 32.2 Å². The van der Waals surface area contributed by atoms with Gasteiger partial charge < -0.3 is 15.0 Å². The van der Waals surface area contributed by atoms with E-state index in [4.69, 9.17) is 4.74 Å². The molecule has 112 valence electrons. The molecular weight excluding hydrogens is 250 g/mol. The summed E-state index contributed by atoms with van der Waals surface area (Å²) in [5.74, 6) is 2.15. The molecular formula is C16H27N3O. The van der Waals surface area contributed by atoms with Gasteiger partial charge in [0.15, 0.2) is 0 Å². The minimum Gasteiger partial charge on any atom is -0.479 e. The molecule has 1 aliphatic rings. The molecule has 0 radical (unpaired) electrons. The van der Waals surface area contributed by atoms with Crippen LogP contribution in [0.25, 0.3) is 0 Å². The lowest BCUT2D eigenvalue weighted by Gasteiger charge is -2.35. The normalized spacial score (nSPS) is 26.1. The second-order valence-corrected chi connectivity index (χ2v) is 6.26. The predicted octanol–water partition coefficient (Wildman–Crippen LogP) is 3.39. The van der Waals surface area contributed by atoms with Gasteiger partial charge in [-0.2, -0.15) is 0 Å². The summed E-state index contributed by atoms with van der Waals surface area (Å²) in [6.45, 7) is 4.68. The molecule has 0 spiro atoms. The van der Waals surface area contributed by atoms with Gasteiger partial charge in [0.1, 0.15) is 5.69 Å². The monoisotopic (exact) mass is 277 g/mol. The summed E-state index contributed by atoms with van der Waals surface area (Å²) in [6, 6.07) is 2.53. The fourth-order valence-corrected chi connectivity index (χ4v) is 3.01. The van der Waals surface area contributed by atoms with Crippen LogP contribution < -0.4 is 15.0 Å². The number of hydrogen-bond donors (Lipinski definition) is 1. The standard InChI is InChI=1S/C16H27N3O/c1-11-6-7-12(2)13(10-11)18-15-14(19(3)4)8-9-17-16(15)20-5/h8-9,11-13,18H,6-7,10H2,1-5H3. The topological polar surface area (TPSA) is 37.4 Å². The SMILES string of the molecule is COc1nccc(N(C)C)c1NC1CC(C)CCC1C. The zero-order chi connectivity index (χ0) is 14.7. The summed E-state index contributed by atoms with van der Waals surface area (Å²) in [5.41, 5.74) is 2.15. The molecule has 0 aliphatic heterocycles. The van der Waals surface area contributed by atoms with Gasteiger partial charge in [-0.15, -0.1) is 0 Å². The van der Waals surface area contributed by atoms with Crippen LogP contribution in [-0.2, 0) is 0 Å². The van der Waals surface area contributed by atoms with Crippen LogP contribution >= 0.6 is 0 Å². The Hall–Kier alpha value is -1.45. The highest BCUT2D eigenvalue weighted by molar-refractivity contribution is 5.74. The smallest absolute Gasteiger partial charge is 0.239 e. The van der Waals surface area contributed by atoms with Crippen LogP contribution in [0.2, 0.25) is 0 Å². The van der Waals surface area contributed by atoms with Crippen molar-refractivity contribution in [2.75, 3.05) is 31.4 Å². The maximum absolute atomic E-state index is 5.44. The molecule has 0 aromatic carbocycles. The van der Waals surface area contributed by atoms with Gasteiger partial charge in [-0.1, -0.05) is 20.3 Å². The Labute approximate surface area is 122 Å². The van der Waals surface area contributed by atoms with Gasteiger partial charge in [-0.05, 0) is 30.7 Å². The Balaban J connectivity index is 2.27. The fraction of sp³-hybridized carbons (Fsp3) is 0.688.